The summed E-state index contributed by atoms with van der Waals surface area (Å²) in [5, 5.41) is 4.16. The van der Waals surface area contributed by atoms with E-state index in [1.54, 1.807) is 23.5 Å². The molecule has 0 aliphatic rings. The molecule has 128 valence electrons. The first-order valence-electron chi connectivity index (χ1n) is 7.75. The van der Waals surface area contributed by atoms with Gasteiger partial charge in [-0.25, -0.2) is 14.8 Å². The molecule has 0 aliphatic heterocycles. The van der Waals surface area contributed by atoms with Crippen LogP contribution in [0.1, 0.15) is 18.9 Å². The number of rotatable bonds is 6. The number of thiazole rings is 1. The zero-order chi connectivity index (χ0) is 17.6. The molecule has 7 heteroatoms. The molecule has 3 rings (SSSR count). The molecular weight excluding hydrogens is 357 g/mol. The second-order valence-electron chi connectivity index (χ2n) is 5.19. The van der Waals surface area contributed by atoms with E-state index in [4.69, 9.17) is 0 Å². The Morgan fingerprint density at radius 2 is 2.00 bits per heavy atom. The summed E-state index contributed by atoms with van der Waals surface area (Å²) in [6, 6.07) is 13.9. The number of hydrogen-bond donors (Lipinski definition) is 1. The van der Waals surface area contributed by atoms with Gasteiger partial charge in [-0.2, -0.15) is 5.10 Å². The van der Waals surface area contributed by atoms with Gasteiger partial charge in [0.05, 0.1) is 21.7 Å². The van der Waals surface area contributed by atoms with Crippen LogP contribution in [0.25, 0.3) is 10.2 Å². The fourth-order valence-electron chi connectivity index (χ4n) is 2.19. The van der Waals surface area contributed by atoms with Crippen molar-refractivity contribution in [2.75, 3.05) is 5.75 Å². The van der Waals surface area contributed by atoms with Gasteiger partial charge in [0.15, 0.2) is 4.34 Å². The van der Waals surface area contributed by atoms with E-state index in [1.807, 2.05) is 31.2 Å². The van der Waals surface area contributed by atoms with E-state index in [0.29, 0.717) is 12.1 Å². The van der Waals surface area contributed by atoms with E-state index in [2.05, 4.69) is 15.5 Å². The average Bonchev–Trinajstić information content (AvgIpc) is 3.05. The lowest BCUT2D eigenvalue weighted by Gasteiger charge is -2.05. The predicted octanol–water partition coefficient (Wildman–Crippen LogP) is 4.46. The number of benzene rings is 2. The van der Waals surface area contributed by atoms with Crippen LogP contribution in [0.5, 0.6) is 0 Å². The zero-order valence-electron chi connectivity index (χ0n) is 13.5. The molecule has 0 radical (unpaired) electrons. The number of nitrogens with zero attached hydrogens (tertiary/aromatic N) is 2. The molecule has 0 fully saturated rings. The number of aromatic nitrogens is 1. The SMILES string of the molecule is CC/C(=N/NC(=O)CSc1nc2ccccc2s1)c1ccc(F)cc1. The second kappa shape index (κ2) is 8.22. The van der Waals surface area contributed by atoms with Crippen LogP contribution >= 0.6 is 23.1 Å². The fourth-order valence-corrected chi connectivity index (χ4v) is 4.05. The van der Waals surface area contributed by atoms with Crippen molar-refractivity contribution in [3.63, 3.8) is 0 Å². The van der Waals surface area contributed by atoms with E-state index in [-0.39, 0.29) is 17.5 Å². The number of amides is 1. The van der Waals surface area contributed by atoms with Gasteiger partial charge in [-0.3, -0.25) is 4.79 Å². The van der Waals surface area contributed by atoms with Crippen molar-refractivity contribution in [2.24, 2.45) is 5.10 Å². The van der Waals surface area contributed by atoms with Gasteiger partial charge < -0.3 is 0 Å². The topological polar surface area (TPSA) is 54.4 Å². The highest BCUT2D eigenvalue weighted by Crippen LogP contribution is 2.28. The molecule has 0 bridgehead atoms. The number of carbonyl (C=O) groups is 1. The van der Waals surface area contributed by atoms with Crippen molar-refractivity contribution in [3.05, 3.63) is 59.9 Å². The largest absolute Gasteiger partial charge is 0.272 e. The Morgan fingerprint density at radius 3 is 2.72 bits per heavy atom. The van der Waals surface area contributed by atoms with E-state index in [0.717, 1.165) is 20.1 Å². The molecule has 4 nitrogen and oxygen atoms in total. The zero-order valence-corrected chi connectivity index (χ0v) is 15.2. The molecule has 1 amide bonds. The van der Waals surface area contributed by atoms with Crippen molar-refractivity contribution in [2.45, 2.75) is 17.7 Å². The van der Waals surface area contributed by atoms with Crippen LogP contribution in [-0.2, 0) is 4.79 Å². The first-order chi connectivity index (χ1) is 12.2. The molecule has 0 aliphatic carbocycles. The molecule has 3 aromatic rings. The molecule has 1 aromatic heterocycles. The fraction of sp³-hybridized carbons (Fsp3) is 0.167. The van der Waals surface area contributed by atoms with Crippen LogP contribution in [-0.4, -0.2) is 22.4 Å². The first-order valence-corrected chi connectivity index (χ1v) is 9.55. The van der Waals surface area contributed by atoms with Crippen LogP contribution < -0.4 is 5.43 Å². The molecule has 0 saturated heterocycles. The molecular formula is C18H16FN3OS2. The second-order valence-corrected chi connectivity index (χ2v) is 7.44. The van der Waals surface area contributed by atoms with Crippen LogP contribution in [0.3, 0.4) is 0 Å². The Labute approximate surface area is 153 Å². The van der Waals surface area contributed by atoms with E-state index in [9.17, 15) is 9.18 Å². The highest BCUT2D eigenvalue weighted by molar-refractivity contribution is 8.01. The lowest BCUT2D eigenvalue weighted by atomic mass is 10.1. The number of fused-ring (bicyclic) bond motifs is 1. The van der Waals surface area contributed by atoms with Gasteiger partial charge in [-0.1, -0.05) is 43.0 Å². The first kappa shape index (κ1) is 17.6. The summed E-state index contributed by atoms with van der Waals surface area (Å²) in [7, 11) is 0. The Kier molecular flexibility index (Phi) is 5.78. The number of thioether (sulfide) groups is 1. The molecule has 1 heterocycles. The Morgan fingerprint density at radius 1 is 1.24 bits per heavy atom. The maximum absolute atomic E-state index is 13.0. The number of hydrazone groups is 1. The third-order valence-corrected chi connectivity index (χ3v) is 5.61. The van der Waals surface area contributed by atoms with Crippen LogP contribution in [0, 0.1) is 5.82 Å². The third-order valence-electron chi connectivity index (χ3n) is 3.43. The van der Waals surface area contributed by atoms with Crippen LogP contribution in [0.15, 0.2) is 58.0 Å². The standard InChI is InChI=1S/C18H16FN3OS2/c1-2-14(12-7-9-13(19)10-8-12)21-22-17(23)11-24-18-20-15-5-3-4-6-16(15)25-18/h3-10H,2,11H2,1H3,(H,22,23)/b21-14-. The minimum absolute atomic E-state index is 0.197. The number of hydrogen-bond acceptors (Lipinski definition) is 5. The highest BCUT2D eigenvalue weighted by atomic mass is 32.2. The summed E-state index contributed by atoms with van der Waals surface area (Å²) in [4.78, 5) is 16.5. The van der Waals surface area contributed by atoms with Gasteiger partial charge >= 0.3 is 0 Å². The maximum Gasteiger partial charge on any atom is 0.250 e. The van der Waals surface area contributed by atoms with Crippen molar-refractivity contribution in [1.82, 2.24) is 10.4 Å². The normalized spacial score (nSPS) is 11.7. The summed E-state index contributed by atoms with van der Waals surface area (Å²) in [6.45, 7) is 1.93. The molecule has 0 unspecified atom stereocenters. The average molecular weight is 373 g/mol. The van der Waals surface area contributed by atoms with Gasteiger partial charge in [0.25, 0.3) is 5.91 Å². The third kappa shape index (κ3) is 4.64. The van der Waals surface area contributed by atoms with Crippen molar-refractivity contribution >= 4 is 44.9 Å². The molecule has 2 aromatic carbocycles. The lowest BCUT2D eigenvalue weighted by Crippen LogP contribution is -2.21. The minimum Gasteiger partial charge on any atom is -0.272 e. The van der Waals surface area contributed by atoms with Crippen LogP contribution in [0.4, 0.5) is 4.39 Å². The molecule has 0 saturated carbocycles. The number of halogens is 1. The summed E-state index contributed by atoms with van der Waals surface area (Å²) >= 11 is 2.95. The molecule has 1 N–H and O–H groups in total. The summed E-state index contributed by atoms with van der Waals surface area (Å²) in [6.07, 6.45) is 0.636. The Hall–Kier alpha value is -2.25. The van der Waals surface area contributed by atoms with E-state index < -0.39 is 0 Å². The number of para-hydroxylation sites is 1. The lowest BCUT2D eigenvalue weighted by molar-refractivity contribution is -0.118. The quantitative estimate of drug-likeness (QED) is 0.394. The van der Waals surface area contributed by atoms with E-state index >= 15 is 0 Å². The van der Waals surface area contributed by atoms with Crippen molar-refractivity contribution in [1.29, 1.82) is 0 Å². The van der Waals surface area contributed by atoms with Gasteiger partial charge in [0, 0.05) is 0 Å². The van der Waals surface area contributed by atoms with Gasteiger partial charge in [0.2, 0.25) is 0 Å². The van der Waals surface area contributed by atoms with Gasteiger partial charge in [-0.15, -0.1) is 11.3 Å². The Bertz CT molecular complexity index is 873. The summed E-state index contributed by atoms with van der Waals surface area (Å²) < 4.78 is 15.0. The minimum atomic E-state index is -0.296. The number of carbonyl (C=O) groups excluding carboxylic acids is 1. The van der Waals surface area contributed by atoms with Gasteiger partial charge in [-0.05, 0) is 36.2 Å². The maximum atomic E-state index is 13.0. The summed E-state index contributed by atoms with van der Waals surface area (Å²) in [5.41, 5.74) is 5.01. The highest BCUT2D eigenvalue weighted by Gasteiger charge is 2.08. The van der Waals surface area contributed by atoms with Crippen molar-refractivity contribution in [3.8, 4) is 0 Å². The smallest absolute Gasteiger partial charge is 0.250 e. The van der Waals surface area contributed by atoms with Crippen molar-refractivity contribution < 1.29 is 9.18 Å². The molecule has 0 atom stereocenters. The predicted molar refractivity (Wildman–Crippen MR) is 102 cm³/mol. The summed E-state index contributed by atoms with van der Waals surface area (Å²) in [5.74, 6) is -0.253. The van der Waals surface area contributed by atoms with Crippen LogP contribution in [0.2, 0.25) is 0 Å². The van der Waals surface area contributed by atoms with E-state index in [1.165, 1.54) is 23.9 Å². The monoisotopic (exact) mass is 373 g/mol. The molecule has 25 heavy (non-hydrogen) atoms. The van der Waals surface area contributed by atoms with Gasteiger partial charge in [0.1, 0.15) is 5.82 Å². The Balaban J connectivity index is 1.58. The number of nitrogens with one attached hydrogen (secondary N) is 1. The molecule has 0 spiro atoms.